The van der Waals surface area contributed by atoms with Gasteiger partial charge in [0.2, 0.25) is 5.91 Å². The third-order valence-electron chi connectivity index (χ3n) is 4.82. The van der Waals surface area contributed by atoms with Crippen molar-refractivity contribution in [3.8, 4) is 5.75 Å². The van der Waals surface area contributed by atoms with E-state index in [-0.39, 0.29) is 17.3 Å². The van der Waals surface area contributed by atoms with Gasteiger partial charge in [-0.15, -0.1) is 0 Å². The molecule has 2 aromatic rings. The second kappa shape index (κ2) is 7.53. The Morgan fingerprint density at radius 1 is 1.37 bits per heavy atom. The summed E-state index contributed by atoms with van der Waals surface area (Å²) in [6, 6.07) is 9.32. The molecule has 1 atom stereocenters. The molecule has 0 bridgehead atoms. The normalized spacial score (nSPS) is 14.2. The first-order chi connectivity index (χ1) is 12.9. The van der Waals surface area contributed by atoms with Crippen molar-refractivity contribution in [1.29, 1.82) is 0 Å². The fraction of sp³-hybridized carbons (Fsp3) is 0.316. The van der Waals surface area contributed by atoms with Crippen LogP contribution < -0.4 is 20.7 Å². The van der Waals surface area contributed by atoms with Crippen LogP contribution in [0.3, 0.4) is 0 Å². The maximum absolute atomic E-state index is 12.8. The number of anilines is 3. The molecule has 2 aromatic carbocycles. The number of ether oxygens (including phenoxy) is 1. The molecule has 8 nitrogen and oxygen atoms in total. The summed E-state index contributed by atoms with van der Waals surface area (Å²) in [5, 5.41) is 13.8. The van der Waals surface area contributed by atoms with Crippen LogP contribution in [0.4, 0.5) is 22.7 Å². The maximum atomic E-state index is 12.8. The standard InChI is InChI=1S/C19H22N4O4/c1-12(22-10-4-5-14-15(20)6-3-7-17(14)22)19(24)21-16-11-13(23(25)26)8-9-18(16)27-2/h3,6-9,11-12H,4-5,10,20H2,1-2H3,(H,21,24). The second-order valence-electron chi connectivity index (χ2n) is 6.45. The Morgan fingerprint density at radius 2 is 2.15 bits per heavy atom. The molecule has 27 heavy (non-hydrogen) atoms. The van der Waals surface area contributed by atoms with Gasteiger partial charge in [-0.05, 0) is 43.5 Å². The first kappa shape index (κ1) is 18.5. The summed E-state index contributed by atoms with van der Waals surface area (Å²) >= 11 is 0. The topological polar surface area (TPSA) is 111 Å². The lowest BCUT2D eigenvalue weighted by Crippen LogP contribution is -2.44. The monoisotopic (exact) mass is 370 g/mol. The van der Waals surface area contributed by atoms with Gasteiger partial charge >= 0.3 is 0 Å². The highest BCUT2D eigenvalue weighted by Gasteiger charge is 2.27. The highest BCUT2D eigenvalue weighted by Crippen LogP contribution is 2.33. The molecule has 3 N–H and O–H groups in total. The minimum atomic E-state index is -0.512. The number of nitrogens with zero attached hydrogens (tertiary/aromatic N) is 2. The van der Waals surface area contributed by atoms with E-state index in [0.29, 0.717) is 5.75 Å². The van der Waals surface area contributed by atoms with Gasteiger partial charge in [0, 0.05) is 30.1 Å². The maximum Gasteiger partial charge on any atom is 0.271 e. The molecule has 1 aliphatic rings. The molecule has 8 heteroatoms. The zero-order valence-corrected chi connectivity index (χ0v) is 15.3. The van der Waals surface area contributed by atoms with E-state index < -0.39 is 11.0 Å². The van der Waals surface area contributed by atoms with Crippen LogP contribution in [0.2, 0.25) is 0 Å². The second-order valence-corrected chi connectivity index (χ2v) is 6.45. The third-order valence-corrected chi connectivity index (χ3v) is 4.82. The molecule has 0 saturated heterocycles. The first-order valence-corrected chi connectivity index (χ1v) is 8.69. The highest BCUT2D eigenvalue weighted by atomic mass is 16.6. The van der Waals surface area contributed by atoms with E-state index in [4.69, 9.17) is 10.5 Å². The van der Waals surface area contributed by atoms with Crippen LogP contribution in [-0.2, 0) is 11.2 Å². The predicted octanol–water partition coefficient (Wildman–Crippen LogP) is 2.97. The number of methoxy groups -OCH3 is 1. The molecule has 1 heterocycles. The van der Waals surface area contributed by atoms with Gasteiger partial charge in [0.15, 0.2) is 0 Å². The molecule has 0 saturated carbocycles. The van der Waals surface area contributed by atoms with E-state index in [1.165, 1.54) is 25.3 Å². The number of rotatable bonds is 5. The van der Waals surface area contributed by atoms with Crippen molar-refractivity contribution in [2.45, 2.75) is 25.8 Å². The summed E-state index contributed by atoms with van der Waals surface area (Å²) in [5.41, 5.74) is 8.97. The van der Waals surface area contributed by atoms with Crippen molar-refractivity contribution in [2.24, 2.45) is 0 Å². The fourth-order valence-corrected chi connectivity index (χ4v) is 3.37. The third kappa shape index (κ3) is 3.64. The average Bonchev–Trinajstić information content (AvgIpc) is 2.67. The van der Waals surface area contributed by atoms with E-state index in [0.717, 1.165) is 36.3 Å². The summed E-state index contributed by atoms with van der Waals surface area (Å²) < 4.78 is 5.21. The van der Waals surface area contributed by atoms with E-state index in [9.17, 15) is 14.9 Å². The fourth-order valence-electron chi connectivity index (χ4n) is 3.37. The number of non-ortho nitro benzene ring substituents is 1. The number of nitrogens with one attached hydrogen (secondary N) is 1. The van der Waals surface area contributed by atoms with Gasteiger partial charge in [0.25, 0.3) is 5.69 Å². The molecule has 1 aliphatic heterocycles. The van der Waals surface area contributed by atoms with Crippen LogP contribution in [0.25, 0.3) is 0 Å². The molecule has 3 rings (SSSR count). The lowest BCUT2D eigenvalue weighted by molar-refractivity contribution is -0.384. The summed E-state index contributed by atoms with van der Waals surface area (Å²) in [5.74, 6) is 0.0912. The summed E-state index contributed by atoms with van der Waals surface area (Å²) in [6.07, 6.45) is 1.78. The zero-order valence-electron chi connectivity index (χ0n) is 15.3. The Hall–Kier alpha value is -3.29. The van der Waals surface area contributed by atoms with Gasteiger partial charge in [-0.2, -0.15) is 0 Å². The number of amides is 1. The van der Waals surface area contributed by atoms with Crippen molar-refractivity contribution < 1.29 is 14.5 Å². The van der Waals surface area contributed by atoms with Gasteiger partial charge in [0.1, 0.15) is 11.8 Å². The molecule has 1 amide bonds. The number of nitrogen functional groups attached to an aromatic ring is 1. The van der Waals surface area contributed by atoms with Gasteiger partial charge in [-0.3, -0.25) is 14.9 Å². The Balaban J connectivity index is 1.85. The molecule has 0 spiro atoms. The van der Waals surface area contributed by atoms with Gasteiger partial charge < -0.3 is 20.7 Å². The summed E-state index contributed by atoms with van der Waals surface area (Å²) in [6.45, 7) is 2.54. The van der Waals surface area contributed by atoms with Crippen LogP contribution in [0, 0.1) is 10.1 Å². The number of carbonyl (C=O) groups excluding carboxylic acids is 1. The minimum Gasteiger partial charge on any atom is -0.495 e. The molecular weight excluding hydrogens is 348 g/mol. The molecule has 142 valence electrons. The van der Waals surface area contributed by atoms with Crippen LogP contribution in [0.1, 0.15) is 18.9 Å². The number of carbonyl (C=O) groups is 1. The minimum absolute atomic E-state index is 0.116. The molecular formula is C19H22N4O4. The van der Waals surface area contributed by atoms with Crippen molar-refractivity contribution in [3.05, 3.63) is 52.1 Å². The van der Waals surface area contributed by atoms with Gasteiger partial charge in [0.05, 0.1) is 17.7 Å². The van der Waals surface area contributed by atoms with E-state index >= 15 is 0 Å². The van der Waals surface area contributed by atoms with Gasteiger partial charge in [-0.1, -0.05) is 6.07 Å². The van der Waals surface area contributed by atoms with Crippen LogP contribution >= 0.6 is 0 Å². The quantitative estimate of drug-likeness (QED) is 0.475. The number of hydrogen-bond acceptors (Lipinski definition) is 6. The number of fused-ring (bicyclic) bond motifs is 1. The number of benzene rings is 2. The first-order valence-electron chi connectivity index (χ1n) is 8.69. The van der Waals surface area contributed by atoms with Crippen molar-refractivity contribution in [2.75, 3.05) is 29.6 Å². The number of nitro groups is 1. The van der Waals surface area contributed by atoms with Crippen LogP contribution in [-0.4, -0.2) is 30.5 Å². The lowest BCUT2D eigenvalue weighted by Gasteiger charge is -2.36. The van der Waals surface area contributed by atoms with E-state index in [1.54, 1.807) is 6.92 Å². The van der Waals surface area contributed by atoms with Crippen molar-refractivity contribution in [1.82, 2.24) is 0 Å². The lowest BCUT2D eigenvalue weighted by atomic mass is 9.98. The van der Waals surface area contributed by atoms with Crippen molar-refractivity contribution >= 4 is 28.7 Å². The Bertz CT molecular complexity index is 884. The van der Waals surface area contributed by atoms with E-state index in [1.807, 2.05) is 23.1 Å². The smallest absolute Gasteiger partial charge is 0.271 e. The SMILES string of the molecule is COc1ccc([N+](=O)[O-])cc1NC(=O)C(C)N1CCCc2c(N)cccc21. The predicted molar refractivity (Wildman–Crippen MR) is 104 cm³/mol. The Morgan fingerprint density at radius 3 is 2.85 bits per heavy atom. The van der Waals surface area contributed by atoms with E-state index in [2.05, 4.69) is 5.32 Å². The molecule has 0 fully saturated rings. The zero-order chi connectivity index (χ0) is 19.6. The summed E-state index contributed by atoms with van der Waals surface area (Å²) in [7, 11) is 1.45. The number of nitrogens with two attached hydrogens (primary N) is 1. The Labute approximate surface area is 157 Å². The number of hydrogen-bond donors (Lipinski definition) is 2. The Kier molecular flexibility index (Phi) is 5.16. The van der Waals surface area contributed by atoms with Gasteiger partial charge in [-0.25, -0.2) is 0 Å². The summed E-state index contributed by atoms with van der Waals surface area (Å²) in [4.78, 5) is 25.4. The van der Waals surface area contributed by atoms with Crippen LogP contribution in [0.5, 0.6) is 5.75 Å². The van der Waals surface area contributed by atoms with Crippen LogP contribution in [0.15, 0.2) is 36.4 Å². The molecule has 0 radical (unpaired) electrons. The number of nitro benzene ring substituents is 1. The molecule has 0 aromatic heterocycles. The largest absolute Gasteiger partial charge is 0.495 e. The average molecular weight is 370 g/mol. The van der Waals surface area contributed by atoms with Crippen molar-refractivity contribution in [3.63, 3.8) is 0 Å². The molecule has 1 unspecified atom stereocenters. The molecule has 0 aliphatic carbocycles. The highest BCUT2D eigenvalue weighted by molar-refractivity contribution is 5.98.